The molecule has 0 spiro atoms. The third-order valence-corrected chi connectivity index (χ3v) is 6.74. The number of halogens is 1. The molecule has 3 atom stereocenters. The quantitative estimate of drug-likeness (QED) is 0.485. The van der Waals surface area contributed by atoms with E-state index in [9.17, 15) is 4.79 Å². The van der Waals surface area contributed by atoms with Crippen molar-refractivity contribution in [3.63, 3.8) is 0 Å². The van der Waals surface area contributed by atoms with E-state index in [0.717, 1.165) is 12.1 Å². The van der Waals surface area contributed by atoms with Crippen molar-refractivity contribution in [3.8, 4) is 0 Å². The molecule has 4 heterocycles. The Morgan fingerprint density at radius 3 is 2.90 bits per heavy atom. The van der Waals surface area contributed by atoms with Crippen molar-refractivity contribution in [2.75, 3.05) is 0 Å². The predicted octanol–water partition coefficient (Wildman–Crippen LogP) is 2.82. The number of rotatable bonds is 4. The predicted molar refractivity (Wildman–Crippen MR) is 112 cm³/mol. The highest BCUT2D eigenvalue weighted by Gasteiger charge is 2.65. The van der Waals surface area contributed by atoms with Crippen LogP contribution in [0.4, 0.5) is 0 Å². The van der Waals surface area contributed by atoms with Crippen LogP contribution in [0.2, 0.25) is 5.02 Å². The summed E-state index contributed by atoms with van der Waals surface area (Å²) in [6.07, 6.45) is 7.93. The van der Waals surface area contributed by atoms with Gasteiger partial charge >= 0.3 is 0 Å². The van der Waals surface area contributed by atoms with E-state index >= 15 is 0 Å². The largest absolute Gasteiger partial charge is 0.337 e. The van der Waals surface area contributed by atoms with E-state index in [1.54, 1.807) is 30.2 Å². The molecule has 1 fully saturated rings. The van der Waals surface area contributed by atoms with Gasteiger partial charge in [0.05, 0.1) is 12.0 Å². The first-order chi connectivity index (χ1) is 14.9. The van der Waals surface area contributed by atoms with Gasteiger partial charge in [-0.3, -0.25) is 14.3 Å². The molecule has 6 rings (SSSR count). The number of aryl methyl sites for hydroxylation is 1. The van der Waals surface area contributed by atoms with Gasteiger partial charge in [0.15, 0.2) is 17.0 Å². The molecule has 31 heavy (non-hydrogen) atoms. The molecule has 4 aromatic rings. The molecule has 2 aliphatic rings. The number of imidazole rings is 1. The van der Waals surface area contributed by atoms with Crippen molar-refractivity contribution in [2.45, 2.75) is 25.8 Å². The summed E-state index contributed by atoms with van der Waals surface area (Å²) >= 11 is 6.11. The van der Waals surface area contributed by atoms with E-state index in [2.05, 4.69) is 38.1 Å². The Hall–Kier alpha value is -3.33. The summed E-state index contributed by atoms with van der Waals surface area (Å²) in [6.45, 7) is 2.38. The average molecular weight is 436 g/mol. The van der Waals surface area contributed by atoms with Gasteiger partial charge in [-0.2, -0.15) is 4.98 Å². The molecule has 9 nitrogen and oxygen atoms in total. The van der Waals surface area contributed by atoms with Crippen molar-refractivity contribution >= 4 is 28.3 Å². The topological polar surface area (TPSA) is 105 Å². The SMILES string of the molecule is Cn1cnc2ncn(Cc3nc([C@H]4[C@@H]5CC(c6cc(Cl)ccn6)=C[C@@]54C)no3)c(=O)c21. The monoisotopic (exact) mass is 435 g/mol. The van der Waals surface area contributed by atoms with Gasteiger partial charge in [-0.05, 0) is 30.0 Å². The summed E-state index contributed by atoms with van der Waals surface area (Å²) in [4.78, 5) is 30.1. The van der Waals surface area contributed by atoms with E-state index in [0.29, 0.717) is 33.8 Å². The number of nitrogens with zero attached hydrogens (tertiary/aromatic N) is 7. The highest BCUT2D eigenvalue weighted by atomic mass is 35.5. The number of hydrogen-bond acceptors (Lipinski definition) is 7. The molecule has 0 bridgehead atoms. The van der Waals surface area contributed by atoms with Gasteiger partial charge in [-0.25, -0.2) is 9.97 Å². The normalized spacial score (nSPS) is 24.4. The van der Waals surface area contributed by atoms with E-state index in [4.69, 9.17) is 16.1 Å². The zero-order valence-corrected chi connectivity index (χ0v) is 17.6. The number of pyridine rings is 1. The maximum Gasteiger partial charge on any atom is 0.280 e. The summed E-state index contributed by atoms with van der Waals surface area (Å²) in [5.41, 5.74) is 2.78. The summed E-state index contributed by atoms with van der Waals surface area (Å²) in [6, 6.07) is 3.67. The molecule has 0 aliphatic heterocycles. The Bertz CT molecular complexity index is 1440. The van der Waals surface area contributed by atoms with Crippen molar-refractivity contribution in [1.29, 1.82) is 0 Å². The van der Waals surface area contributed by atoms with Crippen LogP contribution in [0.25, 0.3) is 16.7 Å². The van der Waals surface area contributed by atoms with E-state index in [-0.39, 0.29) is 23.4 Å². The Morgan fingerprint density at radius 2 is 2.13 bits per heavy atom. The van der Waals surface area contributed by atoms with Gasteiger partial charge in [0, 0.05) is 29.6 Å². The van der Waals surface area contributed by atoms with Gasteiger partial charge in [0.25, 0.3) is 5.56 Å². The van der Waals surface area contributed by atoms with Crippen LogP contribution in [-0.4, -0.2) is 34.2 Å². The Balaban J connectivity index is 1.24. The third kappa shape index (κ3) is 2.76. The van der Waals surface area contributed by atoms with Crippen LogP contribution in [0.5, 0.6) is 0 Å². The van der Waals surface area contributed by atoms with Crippen LogP contribution in [0, 0.1) is 11.3 Å². The number of allylic oxidation sites excluding steroid dienone is 2. The van der Waals surface area contributed by atoms with Gasteiger partial charge < -0.3 is 9.09 Å². The molecular weight excluding hydrogens is 418 g/mol. The minimum atomic E-state index is -0.193. The van der Waals surface area contributed by atoms with Crippen molar-refractivity contribution in [1.82, 2.24) is 34.2 Å². The molecule has 10 heteroatoms. The van der Waals surface area contributed by atoms with E-state index in [1.165, 1.54) is 16.5 Å². The van der Waals surface area contributed by atoms with Crippen molar-refractivity contribution < 1.29 is 4.52 Å². The fourth-order valence-electron chi connectivity index (χ4n) is 4.84. The molecular formula is C21H18ClN7O2. The summed E-state index contributed by atoms with van der Waals surface area (Å²) < 4.78 is 8.58. The molecule has 4 aromatic heterocycles. The smallest absolute Gasteiger partial charge is 0.280 e. The third-order valence-electron chi connectivity index (χ3n) is 6.51. The number of hydrogen-bond donors (Lipinski definition) is 0. The van der Waals surface area contributed by atoms with Crippen LogP contribution in [0.3, 0.4) is 0 Å². The van der Waals surface area contributed by atoms with Gasteiger partial charge in [-0.15, -0.1) is 0 Å². The van der Waals surface area contributed by atoms with Crippen molar-refractivity contribution in [3.05, 3.63) is 69.8 Å². The first-order valence-corrected chi connectivity index (χ1v) is 10.3. The molecule has 1 saturated carbocycles. The number of aromatic nitrogens is 7. The maximum absolute atomic E-state index is 12.7. The second-order valence-corrected chi connectivity index (χ2v) is 8.87. The highest BCUT2D eigenvalue weighted by molar-refractivity contribution is 6.30. The highest BCUT2D eigenvalue weighted by Crippen LogP contribution is 2.72. The Labute approximate surface area is 181 Å². The molecule has 0 unspecified atom stereocenters. The van der Waals surface area contributed by atoms with Crippen LogP contribution in [0.15, 0.2) is 46.4 Å². The second-order valence-electron chi connectivity index (χ2n) is 8.43. The molecule has 0 aromatic carbocycles. The lowest BCUT2D eigenvalue weighted by molar-refractivity contribution is 0.363. The molecule has 0 N–H and O–H groups in total. The fraction of sp³-hybridized carbons (Fsp3) is 0.333. The van der Waals surface area contributed by atoms with Crippen LogP contribution < -0.4 is 5.56 Å². The van der Waals surface area contributed by atoms with E-state index in [1.807, 2.05) is 6.07 Å². The number of fused-ring (bicyclic) bond motifs is 2. The van der Waals surface area contributed by atoms with Gasteiger partial charge in [-0.1, -0.05) is 29.8 Å². The molecule has 0 amide bonds. The van der Waals surface area contributed by atoms with Crippen LogP contribution in [0.1, 0.15) is 36.7 Å². The zero-order valence-electron chi connectivity index (χ0n) is 16.9. The van der Waals surface area contributed by atoms with Crippen molar-refractivity contribution in [2.24, 2.45) is 18.4 Å². The lowest BCUT2D eigenvalue weighted by Gasteiger charge is -2.06. The Kier molecular flexibility index (Phi) is 3.77. The lowest BCUT2D eigenvalue weighted by atomic mass is 10.0. The molecule has 156 valence electrons. The zero-order chi connectivity index (χ0) is 21.3. The lowest BCUT2D eigenvalue weighted by Crippen LogP contribution is -2.22. The molecule has 2 aliphatic carbocycles. The van der Waals surface area contributed by atoms with Crippen LogP contribution in [-0.2, 0) is 13.6 Å². The average Bonchev–Trinajstić information content (AvgIpc) is 3.19. The summed E-state index contributed by atoms with van der Waals surface area (Å²) in [5.74, 6) is 1.67. The standard InChI is InChI=1S/C21H18ClN7O2/c1-21-7-11(14-6-12(22)3-4-23-14)5-13(21)16(21)18-26-15(31-27-18)8-29-10-25-19-17(20(29)30)28(2)9-24-19/h3-4,6-7,9-10,13,16H,5,8H2,1-2H3/t13-,16+,21-/m0/s1. The minimum absolute atomic E-state index is 0.0213. The first kappa shape index (κ1) is 18.4. The van der Waals surface area contributed by atoms with E-state index < -0.39 is 0 Å². The Morgan fingerprint density at radius 1 is 1.29 bits per heavy atom. The maximum atomic E-state index is 12.7. The fourth-order valence-corrected chi connectivity index (χ4v) is 5.00. The summed E-state index contributed by atoms with van der Waals surface area (Å²) in [5, 5.41) is 4.89. The molecule has 0 saturated heterocycles. The molecule has 0 radical (unpaired) electrons. The first-order valence-electron chi connectivity index (χ1n) is 9.96. The second kappa shape index (κ2) is 6.34. The van der Waals surface area contributed by atoms with Gasteiger partial charge in [0.1, 0.15) is 12.9 Å². The summed E-state index contributed by atoms with van der Waals surface area (Å²) in [7, 11) is 1.76. The minimum Gasteiger partial charge on any atom is -0.337 e. The van der Waals surface area contributed by atoms with Gasteiger partial charge in [0.2, 0.25) is 5.89 Å². The van der Waals surface area contributed by atoms with Crippen LogP contribution >= 0.6 is 11.6 Å².